The largest absolute Gasteiger partial charge is 0.335 e. The molecule has 94 valence electrons. The van der Waals surface area contributed by atoms with Crippen molar-refractivity contribution >= 4 is 27.2 Å². The molecule has 0 saturated heterocycles. The van der Waals surface area contributed by atoms with Crippen LogP contribution in [0.1, 0.15) is 0 Å². The molecule has 0 unspecified atom stereocenters. The Bertz CT molecular complexity index is 940. The van der Waals surface area contributed by atoms with Crippen molar-refractivity contribution in [1.29, 1.82) is 10.5 Å². The SMILES string of the molecule is C=CCn1c(=C(C#N)C#N)c2cccc3cccc1c32. The second-order valence-corrected chi connectivity index (χ2v) is 4.53. The van der Waals surface area contributed by atoms with Crippen LogP contribution in [0, 0.1) is 22.7 Å². The summed E-state index contributed by atoms with van der Waals surface area (Å²) in [5.74, 6) is 0. The highest BCUT2D eigenvalue weighted by atomic mass is 15.0. The second kappa shape index (κ2) is 4.57. The van der Waals surface area contributed by atoms with E-state index in [4.69, 9.17) is 0 Å². The van der Waals surface area contributed by atoms with Gasteiger partial charge < -0.3 is 4.57 Å². The highest BCUT2D eigenvalue weighted by Crippen LogP contribution is 2.25. The van der Waals surface area contributed by atoms with Crippen LogP contribution in [0.4, 0.5) is 0 Å². The lowest BCUT2D eigenvalue weighted by molar-refractivity contribution is 0.839. The number of hydrogen-bond acceptors (Lipinski definition) is 2. The molecular formula is C17H11N3. The fraction of sp³-hybridized carbons (Fsp3) is 0.0588. The van der Waals surface area contributed by atoms with E-state index in [-0.39, 0.29) is 5.57 Å². The van der Waals surface area contributed by atoms with Gasteiger partial charge >= 0.3 is 0 Å². The summed E-state index contributed by atoms with van der Waals surface area (Å²) in [6.45, 7) is 4.33. The molecule has 0 amide bonds. The summed E-state index contributed by atoms with van der Waals surface area (Å²) in [7, 11) is 0. The summed E-state index contributed by atoms with van der Waals surface area (Å²) in [6, 6.07) is 16.0. The molecule has 0 bridgehead atoms. The summed E-state index contributed by atoms with van der Waals surface area (Å²) in [6.07, 6.45) is 1.77. The van der Waals surface area contributed by atoms with E-state index in [1.165, 1.54) is 0 Å². The molecule has 3 rings (SSSR count). The summed E-state index contributed by atoms with van der Waals surface area (Å²) < 4.78 is 1.98. The Labute approximate surface area is 116 Å². The topological polar surface area (TPSA) is 52.5 Å². The van der Waals surface area contributed by atoms with E-state index in [1.54, 1.807) is 6.08 Å². The van der Waals surface area contributed by atoms with Gasteiger partial charge in [-0.15, -0.1) is 6.58 Å². The molecule has 0 atom stereocenters. The number of benzene rings is 2. The van der Waals surface area contributed by atoms with Crippen molar-refractivity contribution in [2.24, 2.45) is 0 Å². The van der Waals surface area contributed by atoms with Crippen LogP contribution in [0.15, 0.2) is 49.1 Å². The maximum atomic E-state index is 9.22. The third kappa shape index (κ3) is 1.51. The van der Waals surface area contributed by atoms with Crippen molar-refractivity contribution in [3.63, 3.8) is 0 Å². The first-order valence-electron chi connectivity index (χ1n) is 6.27. The predicted molar refractivity (Wildman–Crippen MR) is 79.5 cm³/mol. The minimum atomic E-state index is 0.135. The summed E-state index contributed by atoms with van der Waals surface area (Å²) in [5, 5.41) is 22.3. The average Bonchev–Trinajstić information content (AvgIpc) is 2.79. The molecule has 20 heavy (non-hydrogen) atoms. The lowest BCUT2D eigenvalue weighted by Crippen LogP contribution is -2.18. The molecule has 0 aliphatic carbocycles. The van der Waals surface area contributed by atoms with E-state index in [9.17, 15) is 10.5 Å². The van der Waals surface area contributed by atoms with Gasteiger partial charge in [-0.1, -0.05) is 36.4 Å². The first kappa shape index (κ1) is 12.0. The zero-order valence-corrected chi connectivity index (χ0v) is 10.8. The molecule has 0 radical (unpaired) electrons. The molecule has 0 fully saturated rings. The Morgan fingerprint density at radius 1 is 1.15 bits per heavy atom. The van der Waals surface area contributed by atoms with Crippen molar-refractivity contribution in [1.82, 2.24) is 4.57 Å². The van der Waals surface area contributed by atoms with Gasteiger partial charge in [-0.3, -0.25) is 0 Å². The zero-order valence-electron chi connectivity index (χ0n) is 10.8. The second-order valence-electron chi connectivity index (χ2n) is 4.53. The van der Waals surface area contributed by atoms with Crippen molar-refractivity contribution in [2.45, 2.75) is 6.54 Å². The number of nitriles is 2. The number of rotatable bonds is 2. The van der Waals surface area contributed by atoms with E-state index < -0.39 is 0 Å². The van der Waals surface area contributed by atoms with Crippen molar-refractivity contribution in [2.75, 3.05) is 0 Å². The first-order chi connectivity index (χ1) is 9.81. The fourth-order valence-corrected chi connectivity index (χ4v) is 2.73. The molecule has 0 N–H and O–H groups in total. The van der Waals surface area contributed by atoms with Gasteiger partial charge in [0.15, 0.2) is 5.57 Å². The third-order valence-electron chi connectivity index (χ3n) is 3.47. The van der Waals surface area contributed by atoms with Crippen molar-refractivity contribution < 1.29 is 0 Å². The summed E-state index contributed by atoms with van der Waals surface area (Å²) in [4.78, 5) is 0. The van der Waals surface area contributed by atoms with Crippen LogP contribution in [0.5, 0.6) is 0 Å². The lowest BCUT2D eigenvalue weighted by Gasteiger charge is -2.02. The van der Waals surface area contributed by atoms with E-state index in [1.807, 2.05) is 53.1 Å². The molecule has 3 nitrogen and oxygen atoms in total. The molecule has 3 aromatic rings. The molecule has 0 spiro atoms. The van der Waals surface area contributed by atoms with Crippen LogP contribution in [-0.2, 0) is 6.54 Å². The van der Waals surface area contributed by atoms with E-state index in [0.717, 1.165) is 21.7 Å². The molecule has 0 aliphatic heterocycles. The normalized spacial score (nSPS) is 10.3. The standard InChI is InChI=1S/C17H11N3/c1-2-9-20-15-8-4-6-12-5-3-7-14(16(12)15)17(20)13(10-18)11-19/h2-8H,1,9H2. The van der Waals surface area contributed by atoms with Gasteiger partial charge in [-0.05, 0) is 11.5 Å². The van der Waals surface area contributed by atoms with Gasteiger partial charge in [0.2, 0.25) is 0 Å². The maximum Gasteiger partial charge on any atom is 0.153 e. The van der Waals surface area contributed by atoms with Gasteiger partial charge in [0.25, 0.3) is 0 Å². The Morgan fingerprint density at radius 2 is 1.85 bits per heavy atom. The van der Waals surface area contributed by atoms with E-state index >= 15 is 0 Å². The highest BCUT2D eigenvalue weighted by molar-refractivity contribution is 6.10. The Kier molecular flexibility index (Phi) is 2.75. The summed E-state index contributed by atoms with van der Waals surface area (Å²) in [5.41, 5.74) is 1.16. The average molecular weight is 257 g/mol. The maximum absolute atomic E-state index is 9.22. The minimum absolute atomic E-state index is 0.135. The smallest absolute Gasteiger partial charge is 0.153 e. The van der Waals surface area contributed by atoms with Crippen LogP contribution in [0.3, 0.4) is 0 Å². The van der Waals surface area contributed by atoms with Gasteiger partial charge in [0.05, 0.1) is 10.9 Å². The molecular weight excluding hydrogens is 246 g/mol. The number of nitrogens with zero attached hydrogens (tertiary/aromatic N) is 3. The molecule has 0 aliphatic rings. The van der Waals surface area contributed by atoms with Gasteiger partial charge in [-0.2, -0.15) is 10.5 Å². The van der Waals surface area contributed by atoms with Crippen LogP contribution >= 0.6 is 0 Å². The van der Waals surface area contributed by atoms with E-state index in [0.29, 0.717) is 11.9 Å². The lowest BCUT2D eigenvalue weighted by atomic mass is 10.1. The van der Waals surface area contributed by atoms with Crippen molar-refractivity contribution in [3.05, 3.63) is 54.4 Å². The van der Waals surface area contributed by atoms with E-state index in [2.05, 4.69) is 6.58 Å². The Morgan fingerprint density at radius 3 is 2.50 bits per heavy atom. The highest BCUT2D eigenvalue weighted by Gasteiger charge is 2.13. The number of aromatic nitrogens is 1. The molecule has 0 saturated carbocycles. The zero-order chi connectivity index (χ0) is 14.1. The van der Waals surface area contributed by atoms with Gasteiger partial charge in [-0.25, -0.2) is 0 Å². The number of allylic oxidation sites excluding steroid dienone is 1. The van der Waals surface area contributed by atoms with Crippen LogP contribution in [-0.4, -0.2) is 4.57 Å². The first-order valence-corrected chi connectivity index (χ1v) is 6.27. The molecule has 2 aromatic carbocycles. The van der Waals surface area contributed by atoms with Crippen LogP contribution < -0.4 is 5.35 Å². The molecule has 1 aromatic heterocycles. The fourth-order valence-electron chi connectivity index (χ4n) is 2.73. The van der Waals surface area contributed by atoms with Crippen LogP contribution in [0.25, 0.3) is 27.2 Å². The number of hydrogen-bond donors (Lipinski definition) is 0. The minimum Gasteiger partial charge on any atom is -0.335 e. The molecule has 3 heteroatoms. The predicted octanol–water partition coefficient (Wildman–Crippen LogP) is 2.90. The monoisotopic (exact) mass is 257 g/mol. The Hall–Kier alpha value is -3.04. The van der Waals surface area contributed by atoms with Crippen molar-refractivity contribution in [3.8, 4) is 12.1 Å². The van der Waals surface area contributed by atoms with Gasteiger partial charge in [0.1, 0.15) is 12.1 Å². The quantitative estimate of drug-likeness (QED) is 0.663. The molecule has 1 heterocycles. The Balaban J connectivity index is 2.71. The van der Waals surface area contributed by atoms with Crippen LogP contribution in [0.2, 0.25) is 0 Å². The summed E-state index contributed by atoms with van der Waals surface area (Å²) >= 11 is 0. The third-order valence-corrected chi connectivity index (χ3v) is 3.47. The van der Waals surface area contributed by atoms with Gasteiger partial charge in [0, 0.05) is 17.3 Å².